The summed E-state index contributed by atoms with van der Waals surface area (Å²) in [7, 11) is 0. The third-order valence-electron chi connectivity index (χ3n) is 6.29. The van der Waals surface area contributed by atoms with Gasteiger partial charge in [-0.3, -0.25) is 9.59 Å². The standard InChI is InChI=1S/C22H27N3O3/c1-3-15-9-11-16(12-10-15)25-19-8-4-6-18(19)20(23-25)21(26)24-13-5-7-17(14(24)2)22(27)28/h9-12,14,17H,3-8,13H2,1-2H3,(H,27,28)/t14-,17-/m0/s1. The quantitative estimate of drug-likeness (QED) is 0.882. The van der Waals surface area contributed by atoms with Gasteiger partial charge < -0.3 is 10.0 Å². The van der Waals surface area contributed by atoms with Gasteiger partial charge in [-0.05, 0) is 63.1 Å². The summed E-state index contributed by atoms with van der Waals surface area (Å²) in [4.78, 5) is 26.6. The highest BCUT2D eigenvalue weighted by atomic mass is 16.4. The monoisotopic (exact) mass is 381 g/mol. The van der Waals surface area contributed by atoms with Crippen molar-refractivity contribution >= 4 is 11.9 Å². The normalized spacial score (nSPS) is 21.6. The van der Waals surface area contributed by atoms with Gasteiger partial charge in [0.15, 0.2) is 5.69 Å². The van der Waals surface area contributed by atoms with Gasteiger partial charge in [0.1, 0.15) is 0 Å². The highest BCUT2D eigenvalue weighted by molar-refractivity contribution is 5.95. The zero-order chi connectivity index (χ0) is 19.8. The highest BCUT2D eigenvalue weighted by Gasteiger charge is 2.38. The van der Waals surface area contributed by atoms with Crippen molar-refractivity contribution < 1.29 is 14.7 Å². The van der Waals surface area contributed by atoms with Crippen LogP contribution in [-0.4, -0.2) is 44.3 Å². The molecular formula is C22H27N3O3. The summed E-state index contributed by atoms with van der Waals surface area (Å²) >= 11 is 0. The number of carbonyl (C=O) groups is 2. The zero-order valence-corrected chi connectivity index (χ0v) is 16.5. The molecule has 1 aliphatic carbocycles. The Hall–Kier alpha value is -2.63. The van der Waals surface area contributed by atoms with Gasteiger partial charge >= 0.3 is 5.97 Å². The van der Waals surface area contributed by atoms with Gasteiger partial charge in [0, 0.05) is 23.8 Å². The fourth-order valence-electron chi connectivity index (χ4n) is 4.59. The van der Waals surface area contributed by atoms with Crippen LogP contribution in [0.3, 0.4) is 0 Å². The number of nitrogens with zero attached hydrogens (tertiary/aromatic N) is 3. The lowest BCUT2D eigenvalue weighted by atomic mass is 9.90. The smallest absolute Gasteiger partial charge is 0.308 e. The number of carboxylic acid groups (broad SMARTS) is 1. The first-order valence-electron chi connectivity index (χ1n) is 10.2. The predicted molar refractivity (Wildman–Crippen MR) is 106 cm³/mol. The Labute approximate surface area is 165 Å². The van der Waals surface area contributed by atoms with Crippen molar-refractivity contribution in [3.05, 3.63) is 46.8 Å². The molecule has 0 unspecified atom stereocenters. The Balaban J connectivity index is 1.68. The van der Waals surface area contributed by atoms with E-state index < -0.39 is 11.9 Å². The number of hydrogen-bond donors (Lipinski definition) is 1. The molecule has 0 bridgehead atoms. The lowest BCUT2D eigenvalue weighted by Crippen LogP contribution is -2.49. The molecule has 28 heavy (non-hydrogen) atoms. The van der Waals surface area contributed by atoms with E-state index in [-0.39, 0.29) is 11.9 Å². The number of piperidine rings is 1. The summed E-state index contributed by atoms with van der Waals surface area (Å²) in [5.41, 5.74) is 4.90. The van der Waals surface area contributed by atoms with Gasteiger partial charge in [-0.1, -0.05) is 19.1 Å². The van der Waals surface area contributed by atoms with E-state index in [2.05, 4.69) is 31.2 Å². The number of amides is 1. The van der Waals surface area contributed by atoms with E-state index in [0.717, 1.165) is 42.6 Å². The highest BCUT2D eigenvalue weighted by Crippen LogP contribution is 2.31. The lowest BCUT2D eigenvalue weighted by molar-refractivity contribution is -0.144. The number of benzene rings is 1. The maximum absolute atomic E-state index is 13.3. The fourth-order valence-corrected chi connectivity index (χ4v) is 4.59. The van der Waals surface area contributed by atoms with Gasteiger partial charge in [-0.2, -0.15) is 5.10 Å². The largest absolute Gasteiger partial charge is 0.481 e. The number of hydrogen-bond acceptors (Lipinski definition) is 3. The molecule has 6 heteroatoms. The first-order valence-corrected chi connectivity index (χ1v) is 10.2. The number of likely N-dealkylation sites (tertiary alicyclic amines) is 1. The Bertz CT molecular complexity index is 900. The summed E-state index contributed by atoms with van der Waals surface area (Å²) in [6.45, 7) is 4.56. The number of carbonyl (C=O) groups excluding carboxylic acids is 1. The maximum Gasteiger partial charge on any atom is 0.308 e. The number of aryl methyl sites for hydroxylation is 1. The average Bonchev–Trinajstić information content (AvgIpc) is 3.30. The number of rotatable bonds is 4. The van der Waals surface area contributed by atoms with Crippen molar-refractivity contribution in [2.45, 2.75) is 58.4 Å². The summed E-state index contributed by atoms with van der Waals surface area (Å²) in [5, 5.41) is 14.2. The van der Waals surface area contributed by atoms with E-state index in [1.54, 1.807) is 4.90 Å². The second-order valence-corrected chi connectivity index (χ2v) is 7.89. The van der Waals surface area contributed by atoms with Gasteiger partial charge in [0.2, 0.25) is 0 Å². The Morgan fingerprint density at radius 3 is 2.61 bits per heavy atom. The molecule has 1 aliphatic heterocycles. The van der Waals surface area contributed by atoms with E-state index in [1.165, 1.54) is 5.56 Å². The summed E-state index contributed by atoms with van der Waals surface area (Å²) < 4.78 is 1.91. The molecule has 2 aliphatic rings. The fraction of sp³-hybridized carbons (Fsp3) is 0.500. The molecule has 2 atom stereocenters. The average molecular weight is 381 g/mol. The molecule has 1 aromatic heterocycles. The molecule has 148 valence electrons. The van der Waals surface area contributed by atoms with Gasteiger partial charge in [0.05, 0.1) is 11.6 Å². The van der Waals surface area contributed by atoms with Crippen LogP contribution in [0, 0.1) is 5.92 Å². The summed E-state index contributed by atoms with van der Waals surface area (Å²) in [5.74, 6) is -1.45. The first kappa shape index (κ1) is 18.7. The lowest BCUT2D eigenvalue weighted by Gasteiger charge is -2.37. The van der Waals surface area contributed by atoms with Crippen LogP contribution < -0.4 is 0 Å². The minimum absolute atomic E-state index is 0.125. The molecular weight excluding hydrogens is 354 g/mol. The number of aliphatic carboxylic acids is 1. The summed E-state index contributed by atoms with van der Waals surface area (Å²) in [6.07, 6.45) is 5.12. The van der Waals surface area contributed by atoms with Gasteiger partial charge in [-0.25, -0.2) is 4.68 Å². The minimum Gasteiger partial charge on any atom is -0.481 e. The van der Waals surface area contributed by atoms with Crippen LogP contribution in [0.2, 0.25) is 0 Å². The van der Waals surface area contributed by atoms with Crippen LogP contribution in [0.1, 0.15) is 60.4 Å². The van der Waals surface area contributed by atoms with Crippen molar-refractivity contribution in [1.82, 2.24) is 14.7 Å². The Morgan fingerprint density at radius 2 is 1.93 bits per heavy atom. The molecule has 6 nitrogen and oxygen atoms in total. The van der Waals surface area contributed by atoms with Crippen LogP contribution in [0.4, 0.5) is 0 Å². The maximum atomic E-state index is 13.3. The molecule has 0 radical (unpaired) electrons. The van der Waals surface area contributed by atoms with Crippen LogP contribution in [0.25, 0.3) is 5.69 Å². The van der Waals surface area contributed by atoms with E-state index >= 15 is 0 Å². The van der Waals surface area contributed by atoms with Crippen LogP contribution >= 0.6 is 0 Å². The molecule has 4 rings (SSSR count). The van der Waals surface area contributed by atoms with Crippen molar-refractivity contribution in [3.8, 4) is 5.69 Å². The van der Waals surface area contributed by atoms with E-state index in [4.69, 9.17) is 5.10 Å². The summed E-state index contributed by atoms with van der Waals surface area (Å²) in [6, 6.07) is 8.00. The van der Waals surface area contributed by atoms with Crippen molar-refractivity contribution in [2.24, 2.45) is 5.92 Å². The Kier molecular flexibility index (Phi) is 4.96. The number of fused-ring (bicyclic) bond motifs is 1. The molecule has 1 amide bonds. The Morgan fingerprint density at radius 1 is 1.18 bits per heavy atom. The number of aromatic nitrogens is 2. The number of carboxylic acids is 1. The van der Waals surface area contributed by atoms with Crippen LogP contribution in [0.5, 0.6) is 0 Å². The topological polar surface area (TPSA) is 75.4 Å². The van der Waals surface area contributed by atoms with Crippen molar-refractivity contribution in [2.75, 3.05) is 6.54 Å². The predicted octanol–water partition coefficient (Wildman–Crippen LogP) is 3.25. The molecule has 0 spiro atoms. The van der Waals surface area contributed by atoms with Crippen molar-refractivity contribution in [3.63, 3.8) is 0 Å². The van der Waals surface area contributed by atoms with Crippen molar-refractivity contribution in [1.29, 1.82) is 0 Å². The third-order valence-corrected chi connectivity index (χ3v) is 6.29. The second-order valence-electron chi connectivity index (χ2n) is 7.89. The van der Waals surface area contributed by atoms with Crippen LogP contribution in [0.15, 0.2) is 24.3 Å². The molecule has 1 N–H and O–H groups in total. The first-order chi connectivity index (χ1) is 13.5. The minimum atomic E-state index is -0.822. The molecule has 2 aromatic rings. The van der Waals surface area contributed by atoms with E-state index in [9.17, 15) is 14.7 Å². The SMILES string of the molecule is CCc1ccc(-n2nc(C(=O)N3CCC[C@H](C(=O)O)[C@@H]3C)c3c2CCC3)cc1. The van der Waals surface area contributed by atoms with Crippen LogP contribution in [-0.2, 0) is 24.1 Å². The molecule has 1 saturated heterocycles. The second kappa shape index (κ2) is 7.41. The van der Waals surface area contributed by atoms with E-state index in [0.29, 0.717) is 25.1 Å². The molecule has 0 saturated carbocycles. The van der Waals surface area contributed by atoms with E-state index in [1.807, 2.05) is 11.6 Å². The van der Waals surface area contributed by atoms with Gasteiger partial charge in [-0.15, -0.1) is 0 Å². The molecule has 1 aromatic carbocycles. The zero-order valence-electron chi connectivity index (χ0n) is 16.5. The molecule has 2 heterocycles. The van der Waals surface area contributed by atoms with Gasteiger partial charge in [0.25, 0.3) is 5.91 Å². The third kappa shape index (κ3) is 3.11. The molecule has 1 fully saturated rings.